The lowest BCUT2D eigenvalue weighted by atomic mass is 9.76. The summed E-state index contributed by atoms with van der Waals surface area (Å²) < 4.78 is 40.4. The van der Waals surface area contributed by atoms with Gasteiger partial charge in [-0.15, -0.1) is 0 Å². The van der Waals surface area contributed by atoms with Gasteiger partial charge in [0.1, 0.15) is 0 Å². The standard InChI is InChI=1S/C19H15F3N2O2/c20-19(21,22)16-9-3-8-15-13-6-2-7-14(13)17(23-18(15)16)11-4-1-5-12(10-11)24(25)26/h1-6,8-10,13-14,17,23H,7H2/t13-,14+,17-/m0/s1. The summed E-state index contributed by atoms with van der Waals surface area (Å²) in [5.74, 6) is -0.120. The van der Waals surface area contributed by atoms with Crippen molar-refractivity contribution in [1.29, 1.82) is 0 Å². The third-order valence-electron chi connectivity index (χ3n) is 5.14. The third-order valence-corrected chi connectivity index (χ3v) is 5.14. The van der Waals surface area contributed by atoms with Crippen LogP contribution in [0.4, 0.5) is 24.5 Å². The predicted octanol–water partition coefficient (Wildman–Crippen LogP) is 5.44. The van der Waals surface area contributed by atoms with Gasteiger partial charge in [-0.1, -0.05) is 36.4 Å². The smallest absolute Gasteiger partial charge is 0.377 e. The molecular formula is C19H15F3N2O2. The van der Waals surface area contributed by atoms with Crippen molar-refractivity contribution >= 4 is 11.4 Å². The highest BCUT2D eigenvalue weighted by atomic mass is 19.4. The number of nitro groups is 1. The fourth-order valence-corrected chi connectivity index (χ4v) is 4.02. The number of alkyl halides is 3. The molecule has 0 radical (unpaired) electrons. The zero-order chi connectivity index (χ0) is 18.5. The molecule has 2 aromatic rings. The Morgan fingerprint density at radius 2 is 1.92 bits per heavy atom. The van der Waals surface area contributed by atoms with Crippen LogP contribution in [-0.2, 0) is 6.18 Å². The van der Waals surface area contributed by atoms with Crippen LogP contribution >= 0.6 is 0 Å². The predicted molar refractivity (Wildman–Crippen MR) is 90.9 cm³/mol. The first kappa shape index (κ1) is 16.6. The van der Waals surface area contributed by atoms with Crippen molar-refractivity contribution in [2.24, 2.45) is 5.92 Å². The van der Waals surface area contributed by atoms with E-state index in [4.69, 9.17) is 0 Å². The molecule has 7 heteroatoms. The van der Waals surface area contributed by atoms with E-state index < -0.39 is 22.7 Å². The first-order valence-corrected chi connectivity index (χ1v) is 8.24. The zero-order valence-electron chi connectivity index (χ0n) is 13.5. The Labute approximate surface area is 147 Å². The second-order valence-electron chi connectivity index (χ2n) is 6.60. The van der Waals surface area contributed by atoms with Gasteiger partial charge in [-0.2, -0.15) is 13.2 Å². The average Bonchev–Trinajstić information content (AvgIpc) is 3.09. The van der Waals surface area contributed by atoms with Crippen LogP contribution in [0.25, 0.3) is 0 Å². The third kappa shape index (κ3) is 2.64. The SMILES string of the molecule is O=[N+]([O-])c1cccc([C@@H]2Nc3c(cccc3C(F)(F)F)[C@H]3C=CC[C@H]32)c1. The van der Waals surface area contributed by atoms with Crippen LogP contribution in [0.2, 0.25) is 0 Å². The van der Waals surface area contributed by atoms with Crippen LogP contribution in [-0.4, -0.2) is 4.92 Å². The first-order valence-electron chi connectivity index (χ1n) is 8.24. The number of anilines is 1. The lowest BCUT2D eigenvalue weighted by molar-refractivity contribution is -0.384. The molecule has 134 valence electrons. The van der Waals surface area contributed by atoms with E-state index in [-0.39, 0.29) is 23.2 Å². The molecule has 1 N–H and O–H groups in total. The number of non-ortho nitro benzene ring substituents is 1. The second kappa shape index (κ2) is 5.86. The summed E-state index contributed by atoms with van der Waals surface area (Å²) in [6.45, 7) is 0. The van der Waals surface area contributed by atoms with Crippen molar-refractivity contribution in [3.8, 4) is 0 Å². The van der Waals surface area contributed by atoms with E-state index in [1.165, 1.54) is 18.2 Å². The number of hydrogen-bond acceptors (Lipinski definition) is 3. The van der Waals surface area contributed by atoms with Gasteiger partial charge in [0, 0.05) is 18.1 Å². The number of fused-ring (bicyclic) bond motifs is 3. The highest BCUT2D eigenvalue weighted by molar-refractivity contribution is 5.65. The van der Waals surface area contributed by atoms with Gasteiger partial charge in [-0.3, -0.25) is 10.1 Å². The van der Waals surface area contributed by atoms with Crippen LogP contribution < -0.4 is 5.32 Å². The summed E-state index contributed by atoms with van der Waals surface area (Å²) in [5, 5.41) is 14.1. The fraction of sp³-hybridized carbons (Fsp3) is 0.263. The van der Waals surface area contributed by atoms with Gasteiger partial charge in [0.05, 0.1) is 22.2 Å². The Morgan fingerprint density at radius 3 is 2.65 bits per heavy atom. The molecule has 0 amide bonds. The number of rotatable bonds is 2. The molecule has 0 saturated heterocycles. The summed E-state index contributed by atoms with van der Waals surface area (Å²) in [6, 6.07) is 9.90. The van der Waals surface area contributed by atoms with Crippen molar-refractivity contribution in [3.05, 3.63) is 81.4 Å². The maximum absolute atomic E-state index is 13.5. The molecule has 0 bridgehead atoms. The van der Waals surface area contributed by atoms with Crippen LogP contribution in [0, 0.1) is 16.0 Å². The van der Waals surface area contributed by atoms with Gasteiger partial charge in [0.15, 0.2) is 0 Å². The normalized spacial score (nSPS) is 23.9. The molecule has 3 atom stereocenters. The lowest BCUT2D eigenvalue weighted by Crippen LogP contribution is -2.30. The monoisotopic (exact) mass is 360 g/mol. The Morgan fingerprint density at radius 1 is 1.15 bits per heavy atom. The van der Waals surface area contributed by atoms with Crippen molar-refractivity contribution in [2.75, 3.05) is 5.32 Å². The number of nitrogens with zero attached hydrogens (tertiary/aromatic N) is 1. The van der Waals surface area contributed by atoms with Crippen LogP contribution in [0.1, 0.15) is 35.1 Å². The Balaban J connectivity index is 1.83. The summed E-state index contributed by atoms with van der Waals surface area (Å²) >= 11 is 0. The Hall–Kier alpha value is -2.83. The van der Waals surface area contributed by atoms with Gasteiger partial charge in [-0.25, -0.2) is 0 Å². The van der Waals surface area contributed by atoms with E-state index in [0.717, 1.165) is 6.07 Å². The molecule has 0 saturated carbocycles. The van der Waals surface area contributed by atoms with E-state index in [1.807, 2.05) is 12.2 Å². The topological polar surface area (TPSA) is 55.2 Å². The van der Waals surface area contributed by atoms with E-state index in [2.05, 4.69) is 5.32 Å². The van der Waals surface area contributed by atoms with E-state index >= 15 is 0 Å². The average molecular weight is 360 g/mol. The number of hydrogen-bond donors (Lipinski definition) is 1. The maximum Gasteiger partial charge on any atom is 0.418 e. The molecule has 1 aliphatic heterocycles. The van der Waals surface area contributed by atoms with E-state index in [0.29, 0.717) is 17.5 Å². The van der Waals surface area contributed by atoms with E-state index in [9.17, 15) is 23.3 Å². The van der Waals surface area contributed by atoms with Crippen molar-refractivity contribution in [1.82, 2.24) is 0 Å². The number of benzene rings is 2. The molecule has 0 spiro atoms. The molecule has 1 aliphatic carbocycles. The highest BCUT2D eigenvalue weighted by Crippen LogP contribution is 2.52. The molecule has 1 heterocycles. The minimum absolute atomic E-state index is 0.0213. The molecule has 2 aromatic carbocycles. The number of nitro benzene ring substituents is 1. The number of para-hydroxylation sites is 1. The van der Waals surface area contributed by atoms with Crippen molar-refractivity contribution < 1.29 is 18.1 Å². The van der Waals surface area contributed by atoms with Crippen LogP contribution in [0.5, 0.6) is 0 Å². The molecule has 2 aliphatic rings. The second-order valence-corrected chi connectivity index (χ2v) is 6.60. The zero-order valence-corrected chi connectivity index (χ0v) is 13.5. The van der Waals surface area contributed by atoms with Gasteiger partial charge in [-0.05, 0) is 29.5 Å². The molecular weight excluding hydrogens is 345 g/mol. The molecule has 0 aromatic heterocycles. The van der Waals surface area contributed by atoms with Crippen molar-refractivity contribution in [3.63, 3.8) is 0 Å². The molecule has 0 fully saturated rings. The van der Waals surface area contributed by atoms with Crippen LogP contribution in [0.3, 0.4) is 0 Å². The number of nitrogens with one attached hydrogen (secondary N) is 1. The van der Waals surface area contributed by atoms with Gasteiger partial charge in [0.2, 0.25) is 0 Å². The summed E-state index contributed by atoms with van der Waals surface area (Å²) in [6.07, 6.45) is 0.146. The van der Waals surface area contributed by atoms with Gasteiger partial charge in [0.25, 0.3) is 5.69 Å². The summed E-state index contributed by atoms with van der Waals surface area (Å²) in [7, 11) is 0. The first-order chi connectivity index (χ1) is 12.4. The number of allylic oxidation sites excluding steroid dienone is 2. The molecule has 26 heavy (non-hydrogen) atoms. The minimum atomic E-state index is -4.47. The molecule has 4 nitrogen and oxygen atoms in total. The summed E-state index contributed by atoms with van der Waals surface area (Å²) in [5.41, 5.74) is 0.552. The minimum Gasteiger partial charge on any atom is -0.377 e. The molecule has 0 unspecified atom stereocenters. The molecule has 4 rings (SSSR count). The summed E-state index contributed by atoms with van der Waals surface area (Å²) in [4.78, 5) is 10.6. The van der Waals surface area contributed by atoms with E-state index in [1.54, 1.807) is 18.2 Å². The van der Waals surface area contributed by atoms with Crippen molar-refractivity contribution in [2.45, 2.75) is 24.6 Å². The largest absolute Gasteiger partial charge is 0.418 e. The van der Waals surface area contributed by atoms with Gasteiger partial charge < -0.3 is 5.32 Å². The number of halogens is 3. The Kier molecular flexibility index (Phi) is 3.75. The quantitative estimate of drug-likeness (QED) is 0.441. The lowest BCUT2D eigenvalue weighted by Gasteiger charge is -2.38. The maximum atomic E-state index is 13.5. The van der Waals surface area contributed by atoms with Gasteiger partial charge >= 0.3 is 6.18 Å². The Bertz CT molecular complexity index is 908. The fourth-order valence-electron chi connectivity index (χ4n) is 4.02. The highest BCUT2D eigenvalue weighted by Gasteiger charge is 2.43. The van der Waals surface area contributed by atoms with Crippen LogP contribution in [0.15, 0.2) is 54.6 Å².